The molecule has 0 aliphatic heterocycles. The van der Waals surface area contributed by atoms with E-state index in [0.29, 0.717) is 5.69 Å². The van der Waals surface area contributed by atoms with Crippen molar-refractivity contribution in [3.05, 3.63) is 66.2 Å². The van der Waals surface area contributed by atoms with Gasteiger partial charge in [-0.3, -0.25) is 9.59 Å². The predicted octanol–water partition coefficient (Wildman–Crippen LogP) is 1.80. The molecular formula is C18H19N3O4. The van der Waals surface area contributed by atoms with E-state index < -0.39 is 23.9 Å². The van der Waals surface area contributed by atoms with E-state index in [1.807, 2.05) is 18.2 Å². The Kier molecular flexibility index (Phi) is 6.53. The van der Waals surface area contributed by atoms with E-state index in [-0.39, 0.29) is 13.0 Å². The van der Waals surface area contributed by atoms with Gasteiger partial charge in [-0.05, 0) is 17.7 Å². The molecule has 2 aromatic rings. The number of hydrogen-bond donors (Lipinski definition) is 3. The van der Waals surface area contributed by atoms with Crippen LogP contribution in [0, 0.1) is 0 Å². The maximum Gasteiger partial charge on any atom is 0.408 e. The first-order valence-electron chi connectivity index (χ1n) is 7.66. The van der Waals surface area contributed by atoms with E-state index in [0.717, 1.165) is 5.56 Å². The van der Waals surface area contributed by atoms with Gasteiger partial charge in [-0.25, -0.2) is 4.79 Å². The van der Waals surface area contributed by atoms with E-state index in [4.69, 9.17) is 10.5 Å². The first kappa shape index (κ1) is 18.0. The number of primary amides is 1. The Morgan fingerprint density at radius 3 is 2.16 bits per heavy atom. The van der Waals surface area contributed by atoms with Crippen molar-refractivity contribution in [2.45, 2.75) is 19.1 Å². The second-order valence-corrected chi connectivity index (χ2v) is 5.28. The lowest BCUT2D eigenvalue weighted by molar-refractivity contribution is -0.123. The number of anilines is 1. The van der Waals surface area contributed by atoms with Gasteiger partial charge >= 0.3 is 6.09 Å². The molecule has 0 saturated carbocycles. The maximum atomic E-state index is 12.3. The number of hydrogen-bond acceptors (Lipinski definition) is 4. The molecule has 0 bridgehead atoms. The van der Waals surface area contributed by atoms with Gasteiger partial charge in [0.1, 0.15) is 12.6 Å². The third-order valence-electron chi connectivity index (χ3n) is 3.27. The molecule has 7 nitrogen and oxygen atoms in total. The maximum absolute atomic E-state index is 12.3. The quantitative estimate of drug-likeness (QED) is 0.713. The molecule has 0 saturated heterocycles. The molecule has 1 atom stereocenters. The lowest BCUT2D eigenvalue weighted by atomic mass is 10.2. The normalized spacial score (nSPS) is 11.2. The molecule has 0 aliphatic rings. The Morgan fingerprint density at radius 1 is 0.960 bits per heavy atom. The minimum atomic E-state index is -1.12. The fraction of sp³-hybridized carbons (Fsp3) is 0.167. The number of nitrogens with two attached hydrogens (primary N) is 1. The third kappa shape index (κ3) is 6.34. The topological polar surface area (TPSA) is 111 Å². The molecule has 3 amide bonds. The summed E-state index contributed by atoms with van der Waals surface area (Å²) in [5.74, 6) is -1.27. The summed E-state index contributed by atoms with van der Waals surface area (Å²) in [6, 6.07) is 16.6. The van der Waals surface area contributed by atoms with Gasteiger partial charge < -0.3 is 21.1 Å². The monoisotopic (exact) mass is 341 g/mol. The SMILES string of the molecule is NC(=O)CC(NC(=O)OCc1ccccc1)C(=O)Nc1ccccc1. The third-order valence-corrected chi connectivity index (χ3v) is 3.27. The first-order valence-corrected chi connectivity index (χ1v) is 7.66. The number of nitrogens with one attached hydrogen (secondary N) is 2. The summed E-state index contributed by atoms with van der Waals surface area (Å²) in [7, 11) is 0. The Balaban J connectivity index is 1.93. The lowest BCUT2D eigenvalue weighted by Crippen LogP contribution is -2.46. The standard InChI is InChI=1S/C18H19N3O4/c19-16(22)11-15(17(23)20-14-9-5-2-6-10-14)21-18(24)25-12-13-7-3-1-4-8-13/h1-10,15H,11-12H2,(H2,19,22)(H,20,23)(H,21,24). The highest BCUT2D eigenvalue weighted by Gasteiger charge is 2.23. The molecule has 1 unspecified atom stereocenters. The van der Waals surface area contributed by atoms with E-state index in [1.54, 1.807) is 42.5 Å². The van der Waals surface area contributed by atoms with Gasteiger partial charge in [-0.15, -0.1) is 0 Å². The summed E-state index contributed by atoms with van der Waals surface area (Å²) in [5.41, 5.74) is 6.50. The Hall–Kier alpha value is -3.35. The molecule has 0 radical (unpaired) electrons. The minimum Gasteiger partial charge on any atom is -0.445 e. The number of amides is 3. The number of rotatable bonds is 7. The highest BCUT2D eigenvalue weighted by Crippen LogP contribution is 2.07. The van der Waals surface area contributed by atoms with Crippen LogP contribution in [0.5, 0.6) is 0 Å². The molecule has 7 heteroatoms. The molecule has 4 N–H and O–H groups in total. The number of carbonyl (C=O) groups excluding carboxylic acids is 3. The molecule has 0 fully saturated rings. The van der Waals surface area contributed by atoms with Gasteiger partial charge in [-0.2, -0.15) is 0 Å². The number of para-hydroxylation sites is 1. The summed E-state index contributed by atoms with van der Waals surface area (Å²) < 4.78 is 5.06. The van der Waals surface area contributed by atoms with E-state index in [1.165, 1.54) is 0 Å². The van der Waals surface area contributed by atoms with Gasteiger partial charge in [0.25, 0.3) is 0 Å². The average Bonchev–Trinajstić information content (AvgIpc) is 2.61. The Labute approximate surface area is 145 Å². The van der Waals surface area contributed by atoms with Crippen molar-refractivity contribution in [1.29, 1.82) is 0 Å². The first-order chi connectivity index (χ1) is 12.0. The van der Waals surface area contributed by atoms with Gasteiger partial charge in [0.2, 0.25) is 11.8 Å². The van der Waals surface area contributed by atoms with Crippen LogP contribution in [0.3, 0.4) is 0 Å². The minimum absolute atomic E-state index is 0.0519. The van der Waals surface area contributed by atoms with Gasteiger partial charge in [-0.1, -0.05) is 48.5 Å². The highest BCUT2D eigenvalue weighted by molar-refractivity contribution is 5.98. The van der Waals surface area contributed by atoms with Crippen molar-refractivity contribution in [3.8, 4) is 0 Å². The number of ether oxygens (including phenoxy) is 1. The van der Waals surface area contributed by atoms with E-state index in [9.17, 15) is 14.4 Å². The van der Waals surface area contributed by atoms with Crippen LogP contribution in [0.25, 0.3) is 0 Å². The smallest absolute Gasteiger partial charge is 0.408 e. The van der Waals surface area contributed by atoms with Crippen LogP contribution in [0.1, 0.15) is 12.0 Å². The zero-order valence-corrected chi connectivity index (χ0v) is 13.5. The van der Waals surface area contributed by atoms with Crippen molar-refractivity contribution in [1.82, 2.24) is 5.32 Å². The molecule has 0 aromatic heterocycles. The van der Waals surface area contributed by atoms with Gasteiger partial charge in [0, 0.05) is 5.69 Å². The largest absolute Gasteiger partial charge is 0.445 e. The van der Waals surface area contributed by atoms with Crippen molar-refractivity contribution in [3.63, 3.8) is 0 Å². The zero-order valence-electron chi connectivity index (χ0n) is 13.5. The number of alkyl carbamates (subject to hydrolysis) is 1. The van der Waals surface area contributed by atoms with Crippen LogP contribution in [-0.4, -0.2) is 23.9 Å². The van der Waals surface area contributed by atoms with Crippen LogP contribution in [0.4, 0.5) is 10.5 Å². The zero-order chi connectivity index (χ0) is 18.1. The molecule has 2 aromatic carbocycles. The second-order valence-electron chi connectivity index (χ2n) is 5.28. The van der Waals surface area contributed by atoms with Crippen LogP contribution >= 0.6 is 0 Å². The lowest BCUT2D eigenvalue weighted by Gasteiger charge is -2.17. The summed E-state index contributed by atoms with van der Waals surface area (Å²) in [6.45, 7) is 0.0519. The average molecular weight is 341 g/mol. The summed E-state index contributed by atoms with van der Waals surface area (Å²) in [6.07, 6.45) is -1.14. The van der Waals surface area contributed by atoms with Crippen LogP contribution in [0.15, 0.2) is 60.7 Å². The van der Waals surface area contributed by atoms with Crippen LogP contribution in [-0.2, 0) is 20.9 Å². The second kappa shape index (κ2) is 9.07. The van der Waals surface area contributed by atoms with E-state index >= 15 is 0 Å². The van der Waals surface area contributed by atoms with Crippen LogP contribution < -0.4 is 16.4 Å². The highest BCUT2D eigenvalue weighted by atomic mass is 16.5. The molecule has 2 rings (SSSR count). The summed E-state index contributed by atoms with van der Waals surface area (Å²) >= 11 is 0. The molecule has 0 heterocycles. The molecule has 0 spiro atoms. The summed E-state index contributed by atoms with van der Waals surface area (Å²) in [5, 5.41) is 4.97. The Bertz CT molecular complexity index is 720. The molecule has 25 heavy (non-hydrogen) atoms. The molecule has 130 valence electrons. The van der Waals surface area contributed by atoms with Crippen molar-refractivity contribution in [2.24, 2.45) is 5.73 Å². The number of benzene rings is 2. The fourth-order valence-electron chi connectivity index (χ4n) is 2.07. The van der Waals surface area contributed by atoms with Gasteiger partial charge in [0.05, 0.1) is 6.42 Å². The molecular weight excluding hydrogens is 322 g/mol. The molecule has 0 aliphatic carbocycles. The number of carbonyl (C=O) groups is 3. The Morgan fingerprint density at radius 2 is 1.56 bits per heavy atom. The van der Waals surface area contributed by atoms with E-state index in [2.05, 4.69) is 10.6 Å². The van der Waals surface area contributed by atoms with Crippen molar-refractivity contribution < 1.29 is 19.1 Å². The predicted molar refractivity (Wildman–Crippen MR) is 92.4 cm³/mol. The summed E-state index contributed by atoms with van der Waals surface area (Å²) in [4.78, 5) is 35.3. The van der Waals surface area contributed by atoms with Crippen molar-refractivity contribution in [2.75, 3.05) is 5.32 Å². The fourth-order valence-corrected chi connectivity index (χ4v) is 2.07. The van der Waals surface area contributed by atoms with Crippen molar-refractivity contribution >= 4 is 23.6 Å². The van der Waals surface area contributed by atoms with Gasteiger partial charge in [0.15, 0.2) is 0 Å². The van der Waals surface area contributed by atoms with Crippen LogP contribution in [0.2, 0.25) is 0 Å².